The summed E-state index contributed by atoms with van der Waals surface area (Å²) in [5.74, 6) is -3.98. The lowest BCUT2D eigenvalue weighted by atomic mass is 10.1. The van der Waals surface area contributed by atoms with Crippen molar-refractivity contribution in [3.8, 4) is 0 Å². The van der Waals surface area contributed by atoms with E-state index in [-0.39, 0.29) is 13.1 Å². The van der Waals surface area contributed by atoms with Crippen molar-refractivity contribution in [3.05, 3.63) is 0 Å². The lowest BCUT2D eigenvalue weighted by molar-refractivity contribution is -0.141. The van der Waals surface area contributed by atoms with E-state index in [4.69, 9.17) is 16.6 Å². The van der Waals surface area contributed by atoms with Crippen LogP contribution in [0.25, 0.3) is 0 Å². The summed E-state index contributed by atoms with van der Waals surface area (Å²) >= 11 is 0. The molecule has 33 heavy (non-hydrogen) atoms. The second-order valence-electron chi connectivity index (χ2n) is 7.52. The number of likely N-dealkylation sites (tertiary alicyclic amines) is 1. The third-order valence-corrected chi connectivity index (χ3v) is 4.90. The number of hydrogen-bond acceptors (Lipinski definition) is 8. The van der Waals surface area contributed by atoms with E-state index in [0.29, 0.717) is 38.8 Å². The first-order chi connectivity index (χ1) is 15.6. The summed E-state index contributed by atoms with van der Waals surface area (Å²) in [5, 5.41) is 17.9. The molecule has 0 spiro atoms. The molecule has 14 heteroatoms. The van der Waals surface area contributed by atoms with Crippen LogP contribution in [-0.2, 0) is 28.8 Å². The Morgan fingerprint density at radius 1 is 0.909 bits per heavy atom. The number of nitrogens with one attached hydrogen (secondary N) is 4. The Morgan fingerprint density at radius 2 is 1.55 bits per heavy atom. The second kappa shape index (κ2) is 14.7. The number of carbonyl (C=O) groups excluding carboxylic acids is 5. The molecule has 1 aliphatic heterocycles. The van der Waals surface area contributed by atoms with Gasteiger partial charge in [0.05, 0.1) is 25.7 Å². The van der Waals surface area contributed by atoms with Gasteiger partial charge in [0.25, 0.3) is 0 Å². The Balaban J connectivity index is 2.29. The number of rotatable bonds is 14. The molecule has 0 bridgehead atoms. The first-order valence-electron chi connectivity index (χ1n) is 10.7. The zero-order valence-corrected chi connectivity index (χ0v) is 18.4. The van der Waals surface area contributed by atoms with Crippen LogP contribution in [0.2, 0.25) is 0 Å². The van der Waals surface area contributed by atoms with Crippen molar-refractivity contribution in [1.29, 1.82) is 0 Å². The fourth-order valence-corrected chi connectivity index (χ4v) is 3.14. The molecule has 0 radical (unpaired) electrons. The molecule has 2 atom stereocenters. The SMILES string of the molecule is NCCCC[C@H](N)C(=O)NCC(=O)NCC(=O)NCC(=O)N1CCC[C@H]1C(=O)NCC(=O)O. The number of hydrogen-bond donors (Lipinski definition) is 7. The minimum Gasteiger partial charge on any atom is -0.480 e. The minimum atomic E-state index is -1.20. The number of carboxylic acids is 1. The van der Waals surface area contributed by atoms with Crippen molar-refractivity contribution in [2.24, 2.45) is 11.5 Å². The molecule has 0 aliphatic carbocycles. The van der Waals surface area contributed by atoms with Crippen LogP contribution in [0, 0.1) is 0 Å². The maximum atomic E-state index is 12.3. The predicted molar refractivity (Wildman–Crippen MR) is 115 cm³/mol. The average molecular weight is 472 g/mol. The summed E-state index contributed by atoms with van der Waals surface area (Å²) in [7, 11) is 0. The van der Waals surface area contributed by atoms with Gasteiger partial charge in [-0.3, -0.25) is 28.8 Å². The van der Waals surface area contributed by atoms with E-state index in [1.807, 2.05) is 0 Å². The average Bonchev–Trinajstić information content (AvgIpc) is 3.28. The van der Waals surface area contributed by atoms with Gasteiger partial charge in [0.2, 0.25) is 29.5 Å². The van der Waals surface area contributed by atoms with Crippen LogP contribution in [0.3, 0.4) is 0 Å². The highest BCUT2D eigenvalue weighted by molar-refractivity contribution is 5.93. The van der Waals surface area contributed by atoms with E-state index < -0.39 is 60.7 Å². The van der Waals surface area contributed by atoms with E-state index in [0.717, 1.165) is 6.42 Å². The summed E-state index contributed by atoms with van der Waals surface area (Å²) in [6.45, 7) is -0.875. The maximum Gasteiger partial charge on any atom is 0.322 e. The number of nitrogens with two attached hydrogens (primary N) is 2. The van der Waals surface area contributed by atoms with E-state index in [2.05, 4.69) is 21.3 Å². The van der Waals surface area contributed by atoms with Crippen molar-refractivity contribution in [2.75, 3.05) is 39.3 Å². The molecular formula is C19H33N7O7. The number of aliphatic carboxylic acids is 1. The Labute approximate surface area is 191 Å². The van der Waals surface area contributed by atoms with Crippen molar-refractivity contribution in [3.63, 3.8) is 0 Å². The molecule has 0 unspecified atom stereocenters. The van der Waals surface area contributed by atoms with Crippen molar-refractivity contribution in [2.45, 2.75) is 44.2 Å². The van der Waals surface area contributed by atoms with E-state index in [1.165, 1.54) is 4.90 Å². The van der Waals surface area contributed by atoms with Crippen LogP contribution in [0.4, 0.5) is 0 Å². The molecule has 0 saturated carbocycles. The molecule has 1 saturated heterocycles. The summed E-state index contributed by atoms with van der Waals surface area (Å²) in [6, 6.07) is -1.54. The normalized spacial score (nSPS) is 15.9. The van der Waals surface area contributed by atoms with E-state index in [1.54, 1.807) is 0 Å². The zero-order chi connectivity index (χ0) is 24.8. The lowest BCUT2D eigenvalue weighted by Crippen LogP contribution is -2.50. The van der Waals surface area contributed by atoms with Gasteiger partial charge in [-0.05, 0) is 32.2 Å². The molecule has 0 aromatic heterocycles. The van der Waals surface area contributed by atoms with Crippen molar-refractivity contribution < 1.29 is 33.9 Å². The van der Waals surface area contributed by atoms with Crippen LogP contribution >= 0.6 is 0 Å². The Bertz CT molecular complexity index is 731. The smallest absolute Gasteiger partial charge is 0.322 e. The molecular weight excluding hydrogens is 438 g/mol. The van der Waals surface area contributed by atoms with Gasteiger partial charge in [-0.1, -0.05) is 6.42 Å². The van der Waals surface area contributed by atoms with Gasteiger partial charge in [-0.15, -0.1) is 0 Å². The van der Waals surface area contributed by atoms with Crippen LogP contribution in [-0.4, -0.2) is 96.9 Å². The van der Waals surface area contributed by atoms with E-state index >= 15 is 0 Å². The van der Waals surface area contributed by atoms with Crippen molar-refractivity contribution in [1.82, 2.24) is 26.2 Å². The summed E-state index contributed by atoms with van der Waals surface area (Å²) < 4.78 is 0. The quantitative estimate of drug-likeness (QED) is 0.122. The number of unbranched alkanes of at least 4 members (excludes halogenated alkanes) is 1. The highest BCUT2D eigenvalue weighted by Crippen LogP contribution is 2.17. The van der Waals surface area contributed by atoms with Crippen molar-refractivity contribution >= 4 is 35.5 Å². The zero-order valence-electron chi connectivity index (χ0n) is 18.4. The monoisotopic (exact) mass is 471 g/mol. The Hall–Kier alpha value is -3.26. The summed E-state index contributed by atoms with van der Waals surface area (Å²) in [4.78, 5) is 71.7. The van der Waals surface area contributed by atoms with Gasteiger partial charge in [0.1, 0.15) is 12.6 Å². The van der Waals surface area contributed by atoms with Gasteiger partial charge < -0.3 is 42.7 Å². The fourth-order valence-electron chi connectivity index (χ4n) is 3.14. The highest BCUT2D eigenvalue weighted by Gasteiger charge is 2.34. The van der Waals surface area contributed by atoms with Gasteiger partial charge in [0.15, 0.2) is 0 Å². The van der Waals surface area contributed by atoms with Crippen LogP contribution < -0.4 is 32.7 Å². The third-order valence-electron chi connectivity index (χ3n) is 4.90. The number of carbonyl (C=O) groups is 6. The predicted octanol–water partition coefficient (Wildman–Crippen LogP) is -4.02. The lowest BCUT2D eigenvalue weighted by Gasteiger charge is -2.23. The van der Waals surface area contributed by atoms with Gasteiger partial charge in [0, 0.05) is 6.54 Å². The molecule has 14 nitrogen and oxygen atoms in total. The van der Waals surface area contributed by atoms with Crippen LogP contribution in [0.5, 0.6) is 0 Å². The maximum absolute atomic E-state index is 12.3. The Kier molecular flexibility index (Phi) is 12.4. The summed E-state index contributed by atoms with van der Waals surface area (Å²) in [6.07, 6.45) is 2.85. The molecule has 9 N–H and O–H groups in total. The third kappa shape index (κ3) is 10.7. The Morgan fingerprint density at radius 3 is 2.18 bits per heavy atom. The van der Waals surface area contributed by atoms with Crippen LogP contribution in [0.15, 0.2) is 0 Å². The molecule has 186 valence electrons. The molecule has 1 heterocycles. The first-order valence-corrected chi connectivity index (χ1v) is 10.7. The van der Waals surface area contributed by atoms with Crippen LogP contribution in [0.1, 0.15) is 32.1 Å². The molecule has 1 rings (SSSR count). The minimum absolute atomic E-state index is 0.310. The first kappa shape index (κ1) is 27.8. The second-order valence-corrected chi connectivity index (χ2v) is 7.52. The van der Waals surface area contributed by atoms with E-state index in [9.17, 15) is 28.8 Å². The van der Waals surface area contributed by atoms with Gasteiger partial charge in [-0.2, -0.15) is 0 Å². The molecule has 5 amide bonds. The molecule has 0 aromatic rings. The summed E-state index contributed by atoms with van der Waals surface area (Å²) in [5.41, 5.74) is 11.1. The molecule has 0 aromatic carbocycles. The molecule has 1 fully saturated rings. The topological polar surface area (TPSA) is 226 Å². The highest BCUT2D eigenvalue weighted by atomic mass is 16.4. The molecule has 1 aliphatic rings. The number of carboxylic acid groups (broad SMARTS) is 1. The fraction of sp³-hybridized carbons (Fsp3) is 0.684. The number of amides is 5. The van der Waals surface area contributed by atoms with Gasteiger partial charge >= 0.3 is 5.97 Å². The standard InChI is InChI=1S/C19H33N7O7/c20-6-2-1-4-12(21)18(32)24-9-15(28)22-8-14(27)23-10-16(29)26-7-3-5-13(26)19(33)25-11-17(30)31/h12-13H,1-11,20-21H2,(H,22,28)(H,23,27)(H,24,32)(H,25,33)(H,30,31)/t12-,13-/m0/s1. The largest absolute Gasteiger partial charge is 0.480 e. The number of nitrogens with zero attached hydrogens (tertiary/aromatic N) is 1. The van der Waals surface area contributed by atoms with Gasteiger partial charge in [-0.25, -0.2) is 0 Å².